The molecule has 0 aliphatic carbocycles. The van der Waals surface area contributed by atoms with Gasteiger partial charge < -0.3 is 5.11 Å². The zero-order valence-corrected chi connectivity index (χ0v) is 10.7. The summed E-state index contributed by atoms with van der Waals surface area (Å²) in [6, 6.07) is 18.5. The summed E-state index contributed by atoms with van der Waals surface area (Å²) in [6.07, 6.45) is -0.386. The van der Waals surface area contributed by atoms with Gasteiger partial charge in [0.05, 0.1) is 6.10 Å². The Morgan fingerprint density at radius 3 is 2.24 bits per heavy atom. The van der Waals surface area contributed by atoms with E-state index >= 15 is 0 Å². The molecular formula is C15H16OS. The van der Waals surface area contributed by atoms with Crippen LogP contribution in [-0.2, 0) is 5.75 Å². The van der Waals surface area contributed by atoms with E-state index < -0.39 is 0 Å². The highest BCUT2D eigenvalue weighted by Gasteiger charge is 2.00. The molecular weight excluding hydrogens is 228 g/mol. The van der Waals surface area contributed by atoms with Gasteiger partial charge in [-0.05, 0) is 30.2 Å². The fourth-order valence-corrected chi connectivity index (χ4v) is 2.44. The maximum atomic E-state index is 9.42. The number of aliphatic hydroxyl groups is 1. The van der Waals surface area contributed by atoms with Gasteiger partial charge in [0, 0.05) is 10.6 Å². The van der Waals surface area contributed by atoms with E-state index in [0.29, 0.717) is 0 Å². The summed E-state index contributed by atoms with van der Waals surface area (Å²) in [6.45, 7) is 1.78. The van der Waals surface area contributed by atoms with E-state index in [1.165, 1.54) is 10.5 Å². The van der Waals surface area contributed by atoms with Crippen LogP contribution in [0.3, 0.4) is 0 Å². The molecule has 17 heavy (non-hydrogen) atoms. The second-order valence-corrected chi connectivity index (χ2v) is 5.07. The topological polar surface area (TPSA) is 20.2 Å². The minimum Gasteiger partial charge on any atom is -0.389 e. The molecule has 0 aliphatic heterocycles. The Bertz CT molecular complexity index is 448. The summed E-state index contributed by atoms with van der Waals surface area (Å²) in [5.74, 6) is 0.981. The average Bonchev–Trinajstić information content (AvgIpc) is 2.38. The number of hydrogen-bond acceptors (Lipinski definition) is 2. The molecule has 2 heteroatoms. The molecule has 0 saturated carbocycles. The molecule has 0 aliphatic rings. The number of aliphatic hydroxyl groups excluding tert-OH is 1. The fourth-order valence-electron chi connectivity index (χ4n) is 1.58. The quantitative estimate of drug-likeness (QED) is 0.819. The first kappa shape index (κ1) is 12.2. The summed E-state index contributed by atoms with van der Waals surface area (Å²) < 4.78 is 0. The van der Waals surface area contributed by atoms with Gasteiger partial charge in [-0.2, -0.15) is 0 Å². The first-order valence-corrected chi connectivity index (χ1v) is 6.69. The molecule has 0 amide bonds. The Kier molecular flexibility index (Phi) is 4.24. The molecule has 2 aromatic carbocycles. The van der Waals surface area contributed by atoms with Gasteiger partial charge >= 0.3 is 0 Å². The van der Waals surface area contributed by atoms with Crippen LogP contribution < -0.4 is 0 Å². The van der Waals surface area contributed by atoms with Crippen LogP contribution in [0.4, 0.5) is 0 Å². The van der Waals surface area contributed by atoms with Gasteiger partial charge in [0.2, 0.25) is 0 Å². The van der Waals surface area contributed by atoms with E-state index in [1.54, 1.807) is 6.92 Å². The van der Waals surface area contributed by atoms with Crippen molar-refractivity contribution in [1.82, 2.24) is 0 Å². The molecule has 1 N–H and O–H groups in total. The van der Waals surface area contributed by atoms with Gasteiger partial charge in [-0.25, -0.2) is 0 Å². The van der Waals surface area contributed by atoms with Gasteiger partial charge in [0.25, 0.3) is 0 Å². The van der Waals surface area contributed by atoms with Crippen molar-refractivity contribution in [3.8, 4) is 0 Å². The van der Waals surface area contributed by atoms with E-state index in [4.69, 9.17) is 0 Å². The number of thioether (sulfide) groups is 1. The smallest absolute Gasteiger partial charge is 0.0761 e. The normalized spacial score (nSPS) is 12.4. The van der Waals surface area contributed by atoms with Crippen LogP contribution in [0.25, 0.3) is 0 Å². The molecule has 88 valence electrons. The third-order valence-electron chi connectivity index (χ3n) is 2.61. The lowest BCUT2D eigenvalue weighted by Gasteiger charge is -2.06. The molecule has 2 rings (SSSR count). The van der Waals surface area contributed by atoms with E-state index in [0.717, 1.165) is 11.3 Å². The van der Waals surface area contributed by atoms with Crippen LogP contribution in [0.2, 0.25) is 0 Å². The van der Waals surface area contributed by atoms with Gasteiger partial charge in [-0.15, -0.1) is 11.8 Å². The van der Waals surface area contributed by atoms with Crippen LogP contribution in [0.1, 0.15) is 24.2 Å². The van der Waals surface area contributed by atoms with Gasteiger partial charge in [-0.1, -0.05) is 42.5 Å². The molecule has 0 saturated heterocycles. The van der Waals surface area contributed by atoms with Crippen molar-refractivity contribution in [3.05, 3.63) is 65.7 Å². The summed E-state index contributed by atoms with van der Waals surface area (Å²) in [4.78, 5) is 1.23. The first-order chi connectivity index (χ1) is 8.25. The molecule has 1 atom stereocenters. The summed E-state index contributed by atoms with van der Waals surface area (Å²) >= 11 is 1.81. The average molecular weight is 244 g/mol. The highest BCUT2D eigenvalue weighted by Crippen LogP contribution is 2.24. The predicted octanol–water partition coefficient (Wildman–Crippen LogP) is 4.03. The number of benzene rings is 2. The largest absolute Gasteiger partial charge is 0.389 e. The Hall–Kier alpha value is -1.25. The lowest BCUT2D eigenvalue weighted by atomic mass is 10.1. The number of rotatable bonds is 4. The van der Waals surface area contributed by atoms with E-state index in [2.05, 4.69) is 36.4 Å². The molecule has 0 fully saturated rings. The van der Waals surface area contributed by atoms with Crippen LogP contribution in [0.5, 0.6) is 0 Å². The second-order valence-electron chi connectivity index (χ2n) is 4.02. The molecule has 0 spiro atoms. The highest BCUT2D eigenvalue weighted by molar-refractivity contribution is 7.98. The standard InChI is InChI=1S/C15H16OS/c1-12(16)14-7-9-15(10-8-14)17-11-13-5-3-2-4-6-13/h2-10,12,16H,11H2,1H3/t12-/m1/s1. The van der Waals surface area contributed by atoms with Gasteiger partial charge in [0.15, 0.2) is 0 Å². The van der Waals surface area contributed by atoms with E-state index in [1.807, 2.05) is 30.0 Å². The Morgan fingerprint density at radius 2 is 1.65 bits per heavy atom. The highest BCUT2D eigenvalue weighted by atomic mass is 32.2. The van der Waals surface area contributed by atoms with Gasteiger partial charge in [0.1, 0.15) is 0 Å². The lowest BCUT2D eigenvalue weighted by molar-refractivity contribution is 0.199. The van der Waals surface area contributed by atoms with Crippen LogP contribution in [0.15, 0.2) is 59.5 Å². The third-order valence-corrected chi connectivity index (χ3v) is 3.69. The molecule has 2 aromatic rings. The lowest BCUT2D eigenvalue weighted by Crippen LogP contribution is -1.89. The second kappa shape index (κ2) is 5.89. The van der Waals surface area contributed by atoms with Gasteiger partial charge in [-0.3, -0.25) is 0 Å². The summed E-state index contributed by atoms with van der Waals surface area (Å²) in [5.41, 5.74) is 2.30. The van der Waals surface area contributed by atoms with Crippen LogP contribution in [-0.4, -0.2) is 5.11 Å². The van der Waals surface area contributed by atoms with Crippen molar-refractivity contribution >= 4 is 11.8 Å². The third kappa shape index (κ3) is 3.62. The van der Waals surface area contributed by atoms with Crippen LogP contribution >= 0.6 is 11.8 Å². The minimum absolute atomic E-state index is 0.386. The fraction of sp³-hybridized carbons (Fsp3) is 0.200. The van der Waals surface area contributed by atoms with E-state index in [9.17, 15) is 5.11 Å². The maximum absolute atomic E-state index is 9.42. The first-order valence-electron chi connectivity index (χ1n) is 5.70. The molecule has 0 aromatic heterocycles. The van der Waals surface area contributed by atoms with Crippen molar-refractivity contribution in [2.24, 2.45) is 0 Å². The van der Waals surface area contributed by atoms with Crippen molar-refractivity contribution < 1.29 is 5.11 Å². The zero-order chi connectivity index (χ0) is 12.1. The van der Waals surface area contributed by atoms with Crippen LogP contribution in [0, 0.1) is 0 Å². The van der Waals surface area contributed by atoms with Crippen molar-refractivity contribution in [2.45, 2.75) is 23.7 Å². The zero-order valence-electron chi connectivity index (χ0n) is 9.84. The molecule has 1 nitrogen and oxygen atoms in total. The number of hydrogen-bond donors (Lipinski definition) is 1. The molecule has 0 unspecified atom stereocenters. The van der Waals surface area contributed by atoms with Crippen molar-refractivity contribution in [2.75, 3.05) is 0 Å². The summed E-state index contributed by atoms with van der Waals surface area (Å²) in [7, 11) is 0. The Labute approximate surface area is 107 Å². The monoisotopic (exact) mass is 244 g/mol. The Morgan fingerprint density at radius 1 is 1.00 bits per heavy atom. The minimum atomic E-state index is -0.386. The van der Waals surface area contributed by atoms with Crippen molar-refractivity contribution in [1.29, 1.82) is 0 Å². The molecule has 0 radical (unpaired) electrons. The maximum Gasteiger partial charge on any atom is 0.0761 e. The SMILES string of the molecule is C[C@@H](O)c1ccc(SCc2ccccc2)cc1. The molecule has 0 heterocycles. The van der Waals surface area contributed by atoms with Crippen molar-refractivity contribution in [3.63, 3.8) is 0 Å². The predicted molar refractivity (Wildman–Crippen MR) is 73.1 cm³/mol. The molecule has 0 bridgehead atoms. The summed E-state index contributed by atoms with van der Waals surface area (Å²) in [5, 5.41) is 9.42. The Balaban J connectivity index is 1.96. The van der Waals surface area contributed by atoms with E-state index in [-0.39, 0.29) is 6.10 Å².